The molecule has 3 aromatic carbocycles. The summed E-state index contributed by atoms with van der Waals surface area (Å²) < 4.78 is 7.98. The largest absolute Gasteiger partial charge is 0.402 e. The molecule has 61 heavy (non-hydrogen) atoms. The van der Waals surface area contributed by atoms with Gasteiger partial charge in [0.25, 0.3) is 0 Å². The number of rotatable bonds is 12. The van der Waals surface area contributed by atoms with Crippen molar-refractivity contribution in [2.75, 3.05) is 0 Å². The third-order valence-corrected chi connectivity index (χ3v) is 20.5. The van der Waals surface area contributed by atoms with Crippen LogP contribution in [0, 0.1) is 0 Å². The first-order valence-electron chi connectivity index (χ1n) is 26.6. The lowest BCUT2D eigenvalue weighted by atomic mass is 9.76. The Kier molecular flexibility index (Phi) is 15.0. The van der Waals surface area contributed by atoms with Crippen LogP contribution in [0.4, 0.5) is 0 Å². The van der Waals surface area contributed by atoms with Crippen LogP contribution >= 0.6 is 10.3 Å². The Bertz CT molecular complexity index is 1680. The summed E-state index contributed by atoms with van der Waals surface area (Å²) in [6.45, 7) is 2.18. The van der Waals surface area contributed by atoms with E-state index in [1.165, 1.54) is 207 Å². The van der Waals surface area contributed by atoms with E-state index in [1.54, 1.807) is 33.4 Å². The minimum Gasteiger partial charge on any atom is -0.402 e. The van der Waals surface area contributed by atoms with Gasteiger partial charge < -0.3 is 4.18 Å². The molecule has 0 N–H and O–H groups in total. The van der Waals surface area contributed by atoms with E-state index < -0.39 is 10.3 Å². The van der Waals surface area contributed by atoms with Crippen molar-refractivity contribution < 1.29 is 8.98 Å². The molecule has 0 spiro atoms. The maximum atomic E-state index is 15.2. The fourth-order valence-corrected chi connectivity index (χ4v) is 17.8. The first-order valence-corrected chi connectivity index (χ1v) is 28.2. The van der Waals surface area contributed by atoms with Crippen molar-refractivity contribution >= 4 is 16.3 Å². The Morgan fingerprint density at radius 3 is 1.03 bits per heavy atom. The third-order valence-electron chi connectivity index (χ3n) is 17.0. The molecule has 0 aromatic heterocycles. The van der Waals surface area contributed by atoms with Crippen LogP contribution in [0.2, 0.25) is 0 Å². The highest BCUT2D eigenvalue weighted by Crippen LogP contribution is 2.76. The lowest BCUT2D eigenvalue weighted by Gasteiger charge is -2.48. The van der Waals surface area contributed by atoms with Crippen molar-refractivity contribution in [1.82, 2.24) is 0 Å². The van der Waals surface area contributed by atoms with Crippen molar-refractivity contribution in [1.29, 1.82) is 0 Å². The van der Waals surface area contributed by atoms with Crippen molar-refractivity contribution in [3.63, 3.8) is 0 Å². The number of carbonyl (C=O) groups is 1. The molecule has 3 heteroatoms. The van der Waals surface area contributed by atoms with E-state index in [0.29, 0.717) is 41.9 Å². The monoisotopic (exact) mass is 843 g/mol. The summed E-state index contributed by atoms with van der Waals surface area (Å²) in [5, 5.41) is 0. The SMILES string of the molecule is CCCC(=O)OS(c1ccccc1)(c1c(C2CCCCC2)cc(C2CCCCC2)cc1C1CCCCC1)c1c(C2CCCCC2)cc(C2CCCCC2)cc1C1CCCCC1. The fraction of sp³-hybridized carbons (Fsp3) is 0.672. The zero-order valence-corrected chi connectivity index (χ0v) is 39.3. The zero-order chi connectivity index (χ0) is 41.4. The minimum atomic E-state index is -2.52. The van der Waals surface area contributed by atoms with Crippen LogP contribution in [-0.2, 0) is 8.98 Å². The molecule has 0 radical (unpaired) electrons. The molecule has 0 atom stereocenters. The highest BCUT2D eigenvalue weighted by molar-refractivity contribution is 8.30. The molecule has 0 aliphatic heterocycles. The first kappa shape index (κ1) is 43.7. The Morgan fingerprint density at radius 2 is 0.738 bits per heavy atom. The third kappa shape index (κ3) is 9.64. The van der Waals surface area contributed by atoms with Gasteiger partial charge in [-0.15, -0.1) is 0 Å². The molecule has 6 fully saturated rings. The van der Waals surface area contributed by atoms with Crippen LogP contribution in [0.25, 0.3) is 0 Å². The van der Waals surface area contributed by atoms with Crippen molar-refractivity contribution in [3.8, 4) is 0 Å². The van der Waals surface area contributed by atoms with Crippen molar-refractivity contribution in [2.45, 2.75) is 263 Å². The second-order valence-electron chi connectivity index (χ2n) is 21.1. The average Bonchev–Trinajstić information content (AvgIpc) is 3.34. The molecule has 9 rings (SSSR count). The average molecular weight is 843 g/mol. The Balaban J connectivity index is 1.43. The Hall–Kier alpha value is -2.52. The van der Waals surface area contributed by atoms with E-state index in [9.17, 15) is 0 Å². The number of hydrogen-bond donors (Lipinski definition) is 0. The van der Waals surface area contributed by atoms with Crippen LogP contribution in [0.1, 0.15) is 281 Å². The minimum absolute atomic E-state index is 0.0300. The normalized spacial score (nSPS) is 22.9. The van der Waals surface area contributed by atoms with Gasteiger partial charge in [-0.05, 0) is 175 Å². The molecule has 6 aliphatic rings. The van der Waals surface area contributed by atoms with Crippen LogP contribution in [0.5, 0.6) is 0 Å². The fourth-order valence-electron chi connectivity index (χ4n) is 13.7. The van der Waals surface area contributed by atoms with Gasteiger partial charge in [0.15, 0.2) is 0 Å². The lowest BCUT2D eigenvalue weighted by molar-refractivity contribution is -0.133. The maximum Gasteiger partial charge on any atom is 0.317 e. The molecular formula is C58H82O2S. The molecule has 6 saturated carbocycles. The zero-order valence-electron chi connectivity index (χ0n) is 38.5. The van der Waals surface area contributed by atoms with Gasteiger partial charge in [-0.1, -0.05) is 165 Å². The van der Waals surface area contributed by atoms with Gasteiger partial charge in [0.1, 0.15) is 0 Å². The van der Waals surface area contributed by atoms with E-state index in [4.69, 9.17) is 4.18 Å². The predicted octanol–water partition coefficient (Wildman–Crippen LogP) is 18.5. The van der Waals surface area contributed by atoms with Crippen LogP contribution < -0.4 is 0 Å². The molecule has 332 valence electrons. The molecule has 0 bridgehead atoms. The highest BCUT2D eigenvalue weighted by atomic mass is 32.3. The molecule has 6 aliphatic carbocycles. The molecule has 0 heterocycles. The molecule has 3 aromatic rings. The smallest absolute Gasteiger partial charge is 0.317 e. The number of hydrogen-bond acceptors (Lipinski definition) is 2. The lowest BCUT2D eigenvalue weighted by Crippen LogP contribution is -2.24. The maximum absolute atomic E-state index is 15.2. The Morgan fingerprint density at radius 1 is 0.443 bits per heavy atom. The van der Waals surface area contributed by atoms with Gasteiger partial charge in [0.05, 0.1) is 0 Å². The first-order chi connectivity index (χ1) is 30.1. The molecular weight excluding hydrogens is 761 g/mol. The van der Waals surface area contributed by atoms with Gasteiger partial charge in [0.2, 0.25) is 0 Å². The molecule has 0 amide bonds. The van der Waals surface area contributed by atoms with Crippen molar-refractivity contribution in [3.05, 3.63) is 88.0 Å². The van der Waals surface area contributed by atoms with E-state index in [0.717, 1.165) is 6.42 Å². The molecule has 0 saturated heterocycles. The number of benzene rings is 3. The van der Waals surface area contributed by atoms with Crippen LogP contribution in [0.3, 0.4) is 0 Å². The summed E-state index contributed by atoms with van der Waals surface area (Å²) in [6.07, 6.45) is 40.9. The van der Waals surface area contributed by atoms with E-state index in [2.05, 4.69) is 61.5 Å². The van der Waals surface area contributed by atoms with Gasteiger partial charge in [0, 0.05) is 21.1 Å². The second kappa shape index (κ2) is 21.0. The molecule has 0 unspecified atom stereocenters. The van der Waals surface area contributed by atoms with Crippen LogP contribution in [0.15, 0.2) is 69.3 Å². The van der Waals surface area contributed by atoms with Crippen molar-refractivity contribution in [2.24, 2.45) is 0 Å². The summed E-state index contributed by atoms with van der Waals surface area (Å²) in [5.41, 5.74) is 9.75. The van der Waals surface area contributed by atoms with E-state index in [1.807, 2.05) is 0 Å². The van der Waals surface area contributed by atoms with E-state index in [-0.39, 0.29) is 5.97 Å². The van der Waals surface area contributed by atoms with Gasteiger partial charge in [-0.3, -0.25) is 4.79 Å². The quantitative estimate of drug-likeness (QED) is 0.182. The topological polar surface area (TPSA) is 26.3 Å². The summed E-state index contributed by atoms with van der Waals surface area (Å²) >= 11 is 0. The predicted molar refractivity (Wildman–Crippen MR) is 258 cm³/mol. The van der Waals surface area contributed by atoms with E-state index >= 15 is 4.79 Å². The second-order valence-corrected chi connectivity index (χ2v) is 23.7. The summed E-state index contributed by atoms with van der Waals surface area (Å²) in [5.74, 6) is 3.42. The van der Waals surface area contributed by atoms with Gasteiger partial charge in [-0.2, -0.15) is 0 Å². The number of carbonyl (C=O) groups excluding carboxylic acids is 1. The van der Waals surface area contributed by atoms with Gasteiger partial charge in [-0.25, -0.2) is 0 Å². The van der Waals surface area contributed by atoms with Crippen LogP contribution in [-0.4, -0.2) is 5.97 Å². The standard InChI is InChI=1S/C58H82O2S/c1-2-24-56(59)60-61(51-37-22-9-23-38-51,57-52(45-29-14-5-15-30-45)39-49(43-25-10-3-11-26-43)40-53(57)46-31-16-6-17-32-46)58-54(47-33-18-7-19-34-47)41-50(44-27-12-4-13-28-44)42-55(58)48-35-20-8-21-36-48/h9,22-23,37-48H,2-8,10-21,24-36H2,1H3. The highest BCUT2D eigenvalue weighted by Gasteiger charge is 2.47. The van der Waals surface area contributed by atoms with Gasteiger partial charge >= 0.3 is 5.97 Å². The molecule has 2 nitrogen and oxygen atoms in total. The summed E-state index contributed by atoms with van der Waals surface area (Å²) in [6, 6.07) is 22.8. The summed E-state index contributed by atoms with van der Waals surface area (Å²) in [7, 11) is -2.52. The Labute approximate surface area is 374 Å². The summed E-state index contributed by atoms with van der Waals surface area (Å²) in [4.78, 5) is 19.5.